The molecule has 0 saturated carbocycles. The highest BCUT2D eigenvalue weighted by atomic mass is 35.5. The molecule has 0 spiro atoms. The van der Waals surface area contributed by atoms with Crippen molar-refractivity contribution in [3.8, 4) is 0 Å². The van der Waals surface area contributed by atoms with Crippen LogP contribution in [0.5, 0.6) is 0 Å². The van der Waals surface area contributed by atoms with E-state index in [0.29, 0.717) is 26.4 Å². The normalized spacial score (nSPS) is 16.9. The number of amides is 1. The van der Waals surface area contributed by atoms with Crippen LogP contribution in [0.2, 0.25) is 0 Å². The number of benzene rings is 1. The highest BCUT2D eigenvalue weighted by Gasteiger charge is 2.22. The maximum absolute atomic E-state index is 12.2. The van der Waals surface area contributed by atoms with Crippen molar-refractivity contribution in [1.29, 1.82) is 0 Å². The Balaban J connectivity index is 0.00000264. The Morgan fingerprint density at radius 3 is 2.83 bits per heavy atom. The molecule has 1 heterocycles. The Hall–Kier alpha value is -1.14. The fourth-order valence-corrected chi connectivity index (χ4v) is 2.53. The number of nitrogens with one attached hydrogen (secondary N) is 2. The average Bonchev–Trinajstić information content (AvgIpc) is 3.05. The maximum Gasteiger partial charge on any atom is 0.228 e. The minimum Gasteiger partial charge on any atom is -0.379 e. The molecule has 1 aromatic carbocycles. The van der Waals surface area contributed by atoms with Gasteiger partial charge in [0.1, 0.15) is 0 Å². The fraction of sp³-hybridized carbons (Fsp3) is 0.588. The topological polar surface area (TPSA) is 59.6 Å². The second kappa shape index (κ2) is 10.6. The number of carbonyl (C=O) groups is 1. The zero-order valence-corrected chi connectivity index (χ0v) is 14.7. The molecular weight excluding hydrogens is 316 g/mol. The van der Waals surface area contributed by atoms with Crippen LogP contribution in [0.15, 0.2) is 18.2 Å². The van der Waals surface area contributed by atoms with Crippen LogP contribution in [0.25, 0.3) is 0 Å². The second-order valence-corrected chi connectivity index (χ2v) is 5.52. The van der Waals surface area contributed by atoms with E-state index in [1.165, 1.54) is 0 Å². The van der Waals surface area contributed by atoms with E-state index >= 15 is 0 Å². The predicted octanol–water partition coefficient (Wildman–Crippen LogP) is 2.52. The Morgan fingerprint density at radius 2 is 2.13 bits per heavy atom. The lowest BCUT2D eigenvalue weighted by Gasteiger charge is -2.15. The van der Waals surface area contributed by atoms with E-state index < -0.39 is 0 Å². The lowest BCUT2D eigenvalue weighted by atomic mass is 10.1. The highest BCUT2D eigenvalue weighted by molar-refractivity contribution is 5.93. The van der Waals surface area contributed by atoms with E-state index in [1.54, 1.807) is 0 Å². The summed E-state index contributed by atoms with van der Waals surface area (Å²) >= 11 is 0. The van der Waals surface area contributed by atoms with Crippen LogP contribution in [0, 0.1) is 12.8 Å². The summed E-state index contributed by atoms with van der Waals surface area (Å²) in [5.74, 6) is 0.174. The van der Waals surface area contributed by atoms with Crippen LogP contribution in [0.4, 0.5) is 5.69 Å². The molecule has 130 valence electrons. The molecule has 1 aromatic rings. The molecule has 23 heavy (non-hydrogen) atoms. The van der Waals surface area contributed by atoms with Gasteiger partial charge in [0.2, 0.25) is 5.91 Å². The molecule has 1 unspecified atom stereocenters. The zero-order chi connectivity index (χ0) is 15.8. The van der Waals surface area contributed by atoms with E-state index in [2.05, 4.69) is 10.6 Å². The van der Waals surface area contributed by atoms with Gasteiger partial charge >= 0.3 is 0 Å². The maximum atomic E-state index is 12.2. The van der Waals surface area contributed by atoms with E-state index in [-0.39, 0.29) is 24.2 Å². The number of ether oxygens (including phenoxy) is 2. The number of hydrogen-bond donors (Lipinski definition) is 2. The van der Waals surface area contributed by atoms with Crippen LogP contribution in [0.3, 0.4) is 0 Å². The van der Waals surface area contributed by atoms with E-state index in [4.69, 9.17) is 9.47 Å². The van der Waals surface area contributed by atoms with Crippen molar-refractivity contribution in [3.05, 3.63) is 29.3 Å². The molecule has 6 heteroatoms. The molecule has 0 radical (unpaired) electrons. The molecule has 1 amide bonds. The largest absolute Gasteiger partial charge is 0.379 e. The first-order valence-corrected chi connectivity index (χ1v) is 7.98. The zero-order valence-electron chi connectivity index (χ0n) is 13.9. The lowest BCUT2D eigenvalue weighted by Crippen LogP contribution is -2.25. The Bertz CT molecular complexity index is 491. The molecule has 1 fully saturated rings. The van der Waals surface area contributed by atoms with Crippen molar-refractivity contribution in [3.63, 3.8) is 0 Å². The average molecular weight is 343 g/mol. The third-order valence-corrected chi connectivity index (χ3v) is 3.97. The van der Waals surface area contributed by atoms with Gasteiger partial charge in [0.15, 0.2) is 0 Å². The monoisotopic (exact) mass is 342 g/mol. The Morgan fingerprint density at radius 1 is 1.35 bits per heavy atom. The van der Waals surface area contributed by atoms with Gasteiger partial charge in [-0.2, -0.15) is 0 Å². The smallest absolute Gasteiger partial charge is 0.228 e. The Labute approximate surface area is 144 Å². The summed E-state index contributed by atoms with van der Waals surface area (Å²) < 4.78 is 10.9. The summed E-state index contributed by atoms with van der Waals surface area (Å²) in [6.45, 7) is 8.11. The standard InChI is InChI=1S/C17H26N2O3.ClH/c1-3-21-9-10-22-12-15-5-4-6-16(13(15)2)19-17(20)14-7-8-18-11-14;/h4-6,14,18H,3,7-12H2,1-2H3,(H,19,20);1H. The van der Waals surface area contributed by atoms with Gasteiger partial charge in [-0.15, -0.1) is 12.4 Å². The van der Waals surface area contributed by atoms with Crippen LogP contribution < -0.4 is 10.6 Å². The van der Waals surface area contributed by atoms with Crippen LogP contribution in [-0.2, 0) is 20.9 Å². The van der Waals surface area contributed by atoms with Gasteiger partial charge in [-0.05, 0) is 44.0 Å². The number of rotatable bonds is 8. The fourth-order valence-electron chi connectivity index (χ4n) is 2.53. The van der Waals surface area contributed by atoms with Crippen molar-refractivity contribution in [1.82, 2.24) is 5.32 Å². The van der Waals surface area contributed by atoms with Crippen LogP contribution in [0.1, 0.15) is 24.5 Å². The van der Waals surface area contributed by atoms with Gasteiger partial charge in [0.25, 0.3) is 0 Å². The van der Waals surface area contributed by atoms with Gasteiger partial charge in [-0.3, -0.25) is 4.79 Å². The number of hydrogen-bond acceptors (Lipinski definition) is 4. The van der Waals surface area contributed by atoms with Crippen molar-refractivity contribution >= 4 is 24.0 Å². The predicted molar refractivity (Wildman–Crippen MR) is 94.2 cm³/mol. The first-order valence-electron chi connectivity index (χ1n) is 7.98. The summed E-state index contributed by atoms with van der Waals surface area (Å²) in [4.78, 5) is 12.2. The van der Waals surface area contributed by atoms with Crippen molar-refractivity contribution in [2.75, 3.05) is 38.2 Å². The third kappa shape index (κ3) is 6.11. The minimum atomic E-state index is 0. The molecule has 2 N–H and O–H groups in total. The minimum absolute atomic E-state index is 0. The molecule has 0 bridgehead atoms. The van der Waals surface area contributed by atoms with Crippen molar-refractivity contribution in [2.24, 2.45) is 5.92 Å². The van der Waals surface area contributed by atoms with Gasteiger partial charge in [0.05, 0.1) is 25.7 Å². The SMILES string of the molecule is CCOCCOCc1cccc(NC(=O)C2CCNC2)c1C.Cl. The van der Waals surface area contributed by atoms with Crippen LogP contribution >= 0.6 is 12.4 Å². The van der Waals surface area contributed by atoms with E-state index in [0.717, 1.165) is 36.3 Å². The molecule has 1 saturated heterocycles. The lowest BCUT2D eigenvalue weighted by molar-refractivity contribution is -0.119. The number of anilines is 1. The van der Waals surface area contributed by atoms with Crippen molar-refractivity contribution < 1.29 is 14.3 Å². The van der Waals surface area contributed by atoms with Gasteiger partial charge in [-0.1, -0.05) is 12.1 Å². The summed E-state index contributed by atoms with van der Waals surface area (Å²) in [7, 11) is 0. The molecule has 0 aromatic heterocycles. The number of halogens is 1. The molecule has 1 aliphatic rings. The molecule has 5 nitrogen and oxygen atoms in total. The summed E-state index contributed by atoms with van der Waals surface area (Å²) in [6, 6.07) is 5.93. The second-order valence-electron chi connectivity index (χ2n) is 5.52. The molecule has 0 aliphatic carbocycles. The number of carbonyl (C=O) groups excluding carboxylic acids is 1. The van der Waals surface area contributed by atoms with Gasteiger partial charge in [-0.25, -0.2) is 0 Å². The summed E-state index contributed by atoms with van der Waals surface area (Å²) in [5.41, 5.74) is 3.04. The first kappa shape index (κ1) is 19.9. The van der Waals surface area contributed by atoms with Gasteiger partial charge < -0.3 is 20.1 Å². The first-order chi connectivity index (χ1) is 10.7. The third-order valence-electron chi connectivity index (χ3n) is 3.97. The molecule has 2 rings (SSSR count). The Kier molecular flexibility index (Phi) is 9.17. The molecule has 1 aliphatic heterocycles. The molecule has 1 atom stereocenters. The summed E-state index contributed by atoms with van der Waals surface area (Å²) in [6.07, 6.45) is 0.908. The highest BCUT2D eigenvalue weighted by Crippen LogP contribution is 2.21. The van der Waals surface area contributed by atoms with Crippen molar-refractivity contribution in [2.45, 2.75) is 26.9 Å². The quantitative estimate of drug-likeness (QED) is 0.713. The molecular formula is C17H27ClN2O3. The van der Waals surface area contributed by atoms with Crippen LogP contribution in [-0.4, -0.2) is 38.8 Å². The summed E-state index contributed by atoms with van der Waals surface area (Å²) in [5, 5.41) is 6.26. The van der Waals surface area contributed by atoms with E-state index in [9.17, 15) is 4.79 Å². The van der Waals surface area contributed by atoms with Gasteiger partial charge in [0, 0.05) is 18.8 Å². The van der Waals surface area contributed by atoms with E-state index in [1.807, 2.05) is 32.0 Å².